The van der Waals surface area contributed by atoms with Gasteiger partial charge in [0.25, 0.3) is 0 Å². The fourth-order valence-corrected chi connectivity index (χ4v) is 2.49. The second kappa shape index (κ2) is 6.93. The molecule has 19 heavy (non-hydrogen) atoms. The molecule has 2 unspecified atom stereocenters. The highest BCUT2D eigenvalue weighted by Crippen LogP contribution is 2.23. The van der Waals surface area contributed by atoms with E-state index in [-0.39, 0.29) is 6.10 Å². The number of nitrogens with zero attached hydrogens (tertiary/aromatic N) is 1. The van der Waals surface area contributed by atoms with Crippen molar-refractivity contribution in [2.75, 3.05) is 7.11 Å². The van der Waals surface area contributed by atoms with E-state index in [0.717, 1.165) is 31.2 Å². The van der Waals surface area contributed by atoms with Crippen LogP contribution < -0.4 is 5.73 Å². The predicted molar refractivity (Wildman–Crippen MR) is 78.0 cm³/mol. The van der Waals surface area contributed by atoms with Crippen LogP contribution in [0, 0.1) is 0 Å². The Kier molecular flexibility index (Phi) is 5.24. The third-order valence-corrected chi connectivity index (χ3v) is 3.68. The van der Waals surface area contributed by atoms with E-state index in [9.17, 15) is 0 Å². The summed E-state index contributed by atoms with van der Waals surface area (Å²) in [7, 11) is 1.77. The van der Waals surface area contributed by atoms with Crippen LogP contribution in [0.5, 0.6) is 0 Å². The van der Waals surface area contributed by atoms with Gasteiger partial charge in [0.2, 0.25) is 0 Å². The minimum Gasteiger partial charge on any atom is -0.388 e. The van der Waals surface area contributed by atoms with Crippen molar-refractivity contribution >= 4 is 17.2 Å². The average molecular weight is 280 g/mol. The van der Waals surface area contributed by atoms with Gasteiger partial charge in [-0.3, -0.25) is 4.98 Å². The number of nitrogens with two attached hydrogens (primary N) is 1. The van der Waals surface area contributed by atoms with E-state index in [1.165, 1.54) is 0 Å². The lowest BCUT2D eigenvalue weighted by Crippen LogP contribution is -2.27. The molecule has 2 atom stereocenters. The van der Waals surface area contributed by atoms with Crippen LogP contribution in [-0.2, 0) is 16.1 Å². The fourth-order valence-electron chi connectivity index (χ4n) is 2.38. The van der Waals surface area contributed by atoms with Gasteiger partial charge in [0.1, 0.15) is 4.99 Å². The largest absolute Gasteiger partial charge is 0.388 e. The third-order valence-electron chi connectivity index (χ3n) is 3.47. The molecular formula is C14H20N2O2S. The average Bonchev–Trinajstić information content (AvgIpc) is 2.45. The van der Waals surface area contributed by atoms with Crippen molar-refractivity contribution in [1.29, 1.82) is 0 Å². The van der Waals surface area contributed by atoms with Crippen LogP contribution >= 0.6 is 12.2 Å². The number of pyridine rings is 1. The van der Waals surface area contributed by atoms with Crippen LogP contribution in [0.1, 0.15) is 36.9 Å². The molecule has 4 nitrogen and oxygen atoms in total. The van der Waals surface area contributed by atoms with Crippen molar-refractivity contribution in [1.82, 2.24) is 4.98 Å². The second-order valence-corrected chi connectivity index (χ2v) is 5.31. The van der Waals surface area contributed by atoms with E-state index in [1.54, 1.807) is 13.3 Å². The molecular weight excluding hydrogens is 260 g/mol. The summed E-state index contributed by atoms with van der Waals surface area (Å²) in [5.74, 6) is 0. The fraction of sp³-hybridized carbons (Fsp3) is 0.571. The van der Waals surface area contributed by atoms with Crippen molar-refractivity contribution in [2.24, 2.45) is 5.73 Å². The zero-order chi connectivity index (χ0) is 13.7. The Morgan fingerprint density at radius 2 is 2.26 bits per heavy atom. The molecule has 2 N–H and O–H groups in total. The van der Waals surface area contributed by atoms with Crippen molar-refractivity contribution in [3.05, 3.63) is 29.6 Å². The number of thiocarbonyl (C=S) groups is 1. The molecule has 1 saturated carbocycles. The monoisotopic (exact) mass is 280 g/mol. The Morgan fingerprint density at radius 3 is 3.00 bits per heavy atom. The Labute approximate surface area is 119 Å². The lowest BCUT2D eigenvalue weighted by molar-refractivity contribution is -0.0363. The molecule has 1 heterocycles. The van der Waals surface area contributed by atoms with Gasteiger partial charge in [-0.25, -0.2) is 0 Å². The molecule has 2 rings (SSSR count). The number of methoxy groups -OCH3 is 1. The van der Waals surface area contributed by atoms with Crippen LogP contribution in [0.3, 0.4) is 0 Å². The summed E-state index contributed by atoms with van der Waals surface area (Å²) >= 11 is 4.92. The quantitative estimate of drug-likeness (QED) is 0.838. The van der Waals surface area contributed by atoms with E-state index in [2.05, 4.69) is 4.98 Å². The third kappa shape index (κ3) is 4.23. The molecule has 104 valence electrons. The Hall–Kier alpha value is -1.04. The topological polar surface area (TPSA) is 57.4 Å². The van der Waals surface area contributed by atoms with Crippen LogP contribution in [0.2, 0.25) is 0 Å². The molecule has 0 aliphatic heterocycles. The first-order valence-corrected chi connectivity index (χ1v) is 6.99. The minimum absolute atomic E-state index is 0.278. The molecule has 0 radical (unpaired) electrons. The summed E-state index contributed by atoms with van der Waals surface area (Å²) in [6.07, 6.45) is 6.71. The Balaban J connectivity index is 1.88. The van der Waals surface area contributed by atoms with Gasteiger partial charge in [0, 0.05) is 13.3 Å². The number of hydrogen-bond acceptors (Lipinski definition) is 4. The lowest BCUT2D eigenvalue weighted by Gasteiger charge is -2.28. The molecule has 0 spiro atoms. The molecule has 0 saturated heterocycles. The van der Waals surface area contributed by atoms with E-state index in [1.807, 2.05) is 12.1 Å². The van der Waals surface area contributed by atoms with Crippen LogP contribution in [-0.4, -0.2) is 29.3 Å². The van der Waals surface area contributed by atoms with Crippen molar-refractivity contribution in [3.63, 3.8) is 0 Å². The van der Waals surface area contributed by atoms with Gasteiger partial charge < -0.3 is 15.2 Å². The molecule has 0 amide bonds. The number of aromatic nitrogens is 1. The standard InChI is InChI=1S/C14H20N2O2S/c1-17-11-3-2-4-12(8-11)18-9-10-5-6-16-13(7-10)14(15)19/h5-7,11-12H,2-4,8-9H2,1H3,(H2,15,19). The molecule has 1 aliphatic carbocycles. The normalized spacial score (nSPS) is 23.2. The SMILES string of the molecule is COC1CCCC(OCc2ccnc(C(N)=S)c2)C1. The van der Waals surface area contributed by atoms with Crippen molar-refractivity contribution in [2.45, 2.75) is 44.5 Å². The molecule has 1 fully saturated rings. The van der Waals surface area contributed by atoms with Gasteiger partial charge in [-0.1, -0.05) is 12.2 Å². The maximum Gasteiger partial charge on any atom is 0.122 e. The smallest absolute Gasteiger partial charge is 0.122 e. The first kappa shape index (κ1) is 14.4. The van der Waals surface area contributed by atoms with Crippen LogP contribution in [0.15, 0.2) is 18.3 Å². The van der Waals surface area contributed by atoms with Crippen LogP contribution in [0.25, 0.3) is 0 Å². The summed E-state index contributed by atoms with van der Waals surface area (Å²) in [5.41, 5.74) is 7.27. The van der Waals surface area contributed by atoms with Gasteiger partial charge in [0.05, 0.1) is 24.5 Å². The maximum absolute atomic E-state index is 5.94. The molecule has 5 heteroatoms. The van der Waals surface area contributed by atoms with Crippen molar-refractivity contribution in [3.8, 4) is 0 Å². The maximum atomic E-state index is 5.94. The Morgan fingerprint density at radius 1 is 1.47 bits per heavy atom. The van der Waals surface area contributed by atoms with E-state index >= 15 is 0 Å². The molecule has 0 bridgehead atoms. The number of rotatable bonds is 5. The van der Waals surface area contributed by atoms with Gasteiger partial charge in [-0.2, -0.15) is 0 Å². The summed E-state index contributed by atoms with van der Waals surface area (Å²) < 4.78 is 11.3. The summed E-state index contributed by atoms with van der Waals surface area (Å²) in [4.78, 5) is 4.44. The minimum atomic E-state index is 0.278. The highest BCUT2D eigenvalue weighted by atomic mass is 32.1. The number of ether oxygens (including phenoxy) is 2. The van der Waals surface area contributed by atoms with E-state index < -0.39 is 0 Å². The zero-order valence-corrected chi connectivity index (χ0v) is 12.0. The summed E-state index contributed by atoms with van der Waals surface area (Å²) in [6, 6.07) is 3.82. The Bertz CT molecular complexity index is 439. The van der Waals surface area contributed by atoms with Crippen LogP contribution in [0.4, 0.5) is 0 Å². The lowest BCUT2D eigenvalue weighted by atomic mass is 9.95. The van der Waals surface area contributed by atoms with Crippen molar-refractivity contribution < 1.29 is 9.47 Å². The predicted octanol–water partition coefficient (Wildman–Crippen LogP) is 2.19. The molecule has 1 aliphatic rings. The molecule has 1 aromatic rings. The van der Waals surface area contributed by atoms with Gasteiger partial charge >= 0.3 is 0 Å². The zero-order valence-electron chi connectivity index (χ0n) is 11.2. The summed E-state index contributed by atoms with van der Waals surface area (Å²) in [6.45, 7) is 0.569. The van der Waals surface area contributed by atoms with Gasteiger partial charge in [-0.15, -0.1) is 0 Å². The first-order valence-electron chi connectivity index (χ1n) is 6.58. The van der Waals surface area contributed by atoms with E-state index in [4.69, 9.17) is 27.4 Å². The van der Waals surface area contributed by atoms with E-state index in [0.29, 0.717) is 23.4 Å². The first-order chi connectivity index (χ1) is 9.19. The highest BCUT2D eigenvalue weighted by molar-refractivity contribution is 7.80. The highest BCUT2D eigenvalue weighted by Gasteiger charge is 2.22. The molecule has 1 aromatic heterocycles. The molecule has 0 aromatic carbocycles. The number of hydrogen-bond donors (Lipinski definition) is 1. The van der Waals surface area contributed by atoms with Gasteiger partial charge in [-0.05, 0) is 43.4 Å². The van der Waals surface area contributed by atoms with Gasteiger partial charge in [0.15, 0.2) is 0 Å². The second-order valence-electron chi connectivity index (χ2n) is 4.87. The summed E-state index contributed by atoms with van der Waals surface area (Å²) in [5, 5.41) is 0.